The van der Waals surface area contributed by atoms with E-state index in [1.165, 1.54) is 20.5 Å². The maximum atomic E-state index is 13.5. The number of hydrogen-bond acceptors (Lipinski definition) is 6. The summed E-state index contributed by atoms with van der Waals surface area (Å²) in [5.41, 5.74) is 1.37. The number of amides is 1. The van der Waals surface area contributed by atoms with Gasteiger partial charge in [0, 0.05) is 23.9 Å². The van der Waals surface area contributed by atoms with Crippen LogP contribution in [0.1, 0.15) is 25.3 Å². The Balaban J connectivity index is 1.60. The van der Waals surface area contributed by atoms with Crippen LogP contribution >= 0.6 is 11.3 Å². The third-order valence-corrected chi connectivity index (χ3v) is 7.03. The maximum absolute atomic E-state index is 13.5. The van der Waals surface area contributed by atoms with Crippen LogP contribution in [0.15, 0.2) is 52.2 Å². The summed E-state index contributed by atoms with van der Waals surface area (Å²) in [5, 5.41) is 3.57. The van der Waals surface area contributed by atoms with Crippen molar-refractivity contribution >= 4 is 43.4 Å². The van der Waals surface area contributed by atoms with Crippen molar-refractivity contribution in [2.75, 3.05) is 11.9 Å². The van der Waals surface area contributed by atoms with Crippen molar-refractivity contribution in [2.45, 2.75) is 45.4 Å². The Morgan fingerprint density at radius 3 is 2.91 bits per heavy atom. The Hall–Kier alpha value is -3.30. The number of thiophene rings is 1. The lowest BCUT2D eigenvalue weighted by atomic mass is 10.1. The van der Waals surface area contributed by atoms with Gasteiger partial charge >= 0.3 is 5.69 Å². The molecule has 4 heterocycles. The molecule has 0 saturated carbocycles. The van der Waals surface area contributed by atoms with E-state index in [1.807, 2.05) is 37.3 Å². The number of benzene rings is 1. The van der Waals surface area contributed by atoms with Crippen LogP contribution in [0.3, 0.4) is 0 Å². The minimum atomic E-state index is -0.510. The van der Waals surface area contributed by atoms with Crippen LogP contribution in [-0.2, 0) is 29.0 Å². The highest BCUT2D eigenvalue weighted by Crippen LogP contribution is 2.29. The molecule has 4 aromatic rings. The second-order valence-corrected chi connectivity index (χ2v) is 9.16. The lowest BCUT2D eigenvalue weighted by Crippen LogP contribution is -2.43. The van der Waals surface area contributed by atoms with Crippen LogP contribution in [0, 0.1) is 0 Å². The van der Waals surface area contributed by atoms with Crippen molar-refractivity contribution in [2.24, 2.45) is 0 Å². The van der Waals surface area contributed by atoms with Gasteiger partial charge < -0.3 is 10.1 Å². The van der Waals surface area contributed by atoms with Crippen molar-refractivity contribution in [3.05, 3.63) is 69.0 Å². The van der Waals surface area contributed by atoms with Gasteiger partial charge in [-0.25, -0.2) is 9.78 Å². The van der Waals surface area contributed by atoms with Gasteiger partial charge in [-0.15, -0.1) is 11.3 Å². The number of ether oxygens (including phenoxy) is 1. The monoisotopic (exact) mass is 464 g/mol. The lowest BCUT2D eigenvalue weighted by Gasteiger charge is -2.15. The fraction of sp³-hybridized carbons (Fsp3) is 0.333. The molecule has 1 aliphatic rings. The molecule has 170 valence electrons. The molecule has 1 aromatic carbocycles. The molecule has 0 bridgehead atoms. The van der Waals surface area contributed by atoms with Crippen LogP contribution in [0.5, 0.6) is 0 Å². The Labute approximate surface area is 193 Å². The summed E-state index contributed by atoms with van der Waals surface area (Å²) in [7, 11) is 0. The summed E-state index contributed by atoms with van der Waals surface area (Å²) in [5.74, 6) is -0.336. The van der Waals surface area contributed by atoms with Crippen molar-refractivity contribution in [3.63, 3.8) is 0 Å². The third-order valence-electron chi connectivity index (χ3n) is 5.94. The zero-order chi connectivity index (χ0) is 22.9. The summed E-state index contributed by atoms with van der Waals surface area (Å²) >= 11 is 1.24. The molecule has 33 heavy (non-hydrogen) atoms. The first-order valence-corrected chi connectivity index (χ1v) is 11.9. The van der Waals surface area contributed by atoms with Gasteiger partial charge in [0.25, 0.3) is 5.56 Å². The van der Waals surface area contributed by atoms with E-state index < -0.39 is 5.69 Å². The molecule has 1 N–H and O–H groups in total. The minimum absolute atomic E-state index is 0.176. The second-order valence-electron chi connectivity index (χ2n) is 8.16. The number of nitrogens with one attached hydrogen (secondary N) is 1. The first kappa shape index (κ1) is 21.5. The number of rotatable bonds is 6. The number of carbonyl (C=O) groups is 1. The topological polar surface area (TPSA) is 95.2 Å². The molecule has 9 heteroatoms. The van der Waals surface area contributed by atoms with E-state index in [-0.39, 0.29) is 30.7 Å². The first-order valence-electron chi connectivity index (χ1n) is 11.1. The summed E-state index contributed by atoms with van der Waals surface area (Å²) < 4.78 is 8.68. The van der Waals surface area contributed by atoms with Gasteiger partial charge in [0.1, 0.15) is 16.1 Å². The molecular weight excluding hydrogens is 440 g/mol. The van der Waals surface area contributed by atoms with E-state index in [1.54, 1.807) is 12.3 Å². The molecule has 3 aromatic heterocycles. The Kier molecular flexibility index (Phi) is 5.82. The number of nitrogens with zero attached hydrogens (tertiary/aromatic N) is 3. The quantitative estimate of drug-likeness (QED) is 0.473. The Morgan fingerprint density at radius 2 is 2.12 bits per heavy atom. The molecule has 1 amide bonds. The van der Waals surface area contributed by atoms with E-state index in [4.69, 9.17) is 4.74 Å². The van der Waals surface area contributed by atoms with Crippen LogP contribution < -0.4 is 16.6 Å². The van der Waals surface area contributed by atoms with Gasteiger partial charge in [-0.1, -0.05) is 19.1 Å². The second kappa shape index (κ2) is 8.92. The fourth-order valence-electron chi connectivity index (χ4n) is 4.30. The molecule has 1 saturated heterocycles. The van der Waals surface area contributed by atoms with E-state index in [2.05, 4.69) is 10.3 Å². The molecule has 0 aliphatic carbocycles. The largest absolute Gasteiger partial charge is 0.376 e. The Morgan fingerprint density at radius 1 is 1.24 bits per heavy atom. The number of aryl methyl sites for hydroxylation is 1. The molecule has 8 nitrogen and oxygen atoms in total. The maximum Gasteiger partial charge on any atom is 0.332 e. The summed E-state index contributed by atoms with van der Waals surface area (Å²) in [4.78, 5) is 44.8. The predicted octanol–water partition coefficient (Wildman–Crippen LogP) is 3.15. The van der Waals surface area contributed by atoms with E-state index >= 15 is 0 Å². The molecular formula is C24H24N4O4S. The smallest absolute Gasteiger partial charge is 0.332 e. The summed E-state index contributed by atoms with van der Waals surface area (Å²) in [6.45, 7) is 2.64. The lowest BCUT2D eigenvalue weighted by molar-refractivity contribution is -0.116. The minimum Gasteiger partial charge on any atom is -0.376 e. The first-order chi connectivity index (χ1) is 16.0. The molecule has 1 atom stereocenters. The van der Waals surface area contributed by atoms with Crippen molar-refractivity contribution in [3.8, 4) is 0 Å². The molecule has 0 spiro atoms. The van der Waals surface area contributed by atoms with Gasteiger partial charge in [0.2, 0.25) is 5.91 Å². The van der Waals surface area contributed by atoms with Gasteiger partial charge in [0.15, 0.2) is 0 Å². The number of anilines is 1. The van der Waals surface area contributed by atoms with Crippen molar-refractivity contribution in [1.82, 2.24) is 14.1 Å². The van der Waals surface area contributed by atoms with Crippen LogP contribution in [0.4, 0.5) is 5.69 Å². The van der Waals surface area contributed by atoms with Gasteiger partial charge in [-0.2, -0.15) is 0 Å². The van der Waals surface area contributed by atoms with Gasteiger partial charge in [-0.3, -0.25) is 18.7 Å². The summed E-state index contributed by atoms with van der Waals surface area (Å²) in [6.07, 6.45) is 4.03. The van der Waals surface area contributed by atoms with E-state index in [9.17, 15) is 14.4 Å². The highest BCUT2D eigenvalue weighted by Gasteiger charge is 2.24. The van der Waals surface area contributed by atoms with Crippen molar-refractivity contribution < 1.29 is 9.53 Å². The molecule has 0 radical (unpaired) electrons. The average molecular weight is 465 g/mol. The van der Waals surface area contributed by atoms with Crippen LogP contribution in [0.25, 0.3) is 20.4 Å². The molecule has 5 rings (SSSR count). The van der Waals surface area contributed by atoms with Gasteiger partial charge in [-0.05, 0) is 49.1 Å². The number of hydrogen-bond donors (Lipinski definition) is 1. The number of aromatic nitrogens is 3. The van der Waals surface area contributed by atoms with Crippen molar-refractivity contribution in [1.29, 1.82) is 0 Å². The predicted molar refractivity (Wildman–Crippen MR) is 129 cm³/mol. The number of pyridine rings is 1. The molecule has 1 aliphatic heterocycles. The summed E-state index contributed by atoms with van der Waals surface area (Å²) in [6, 6.07) is 11.2. The standard InChI is InChI=1S/C24H24N4O4S/c1-2-15-6-3-7-16(12-15)26-19(29)14-27-20-18-9-4-10-25-22(18)33-21(20)23(30)28(24(27)31)13-17-8-5-11-32-17/h3-4,6-7,9-10,12,17H,2,5,8,11,13-14H2,1H3,(H,26,29)/t17-/m1/s1. The zero-order valence-corrected chi connectivity index (χ0v) is 19.1. The highest BCUT2D eigenvalue weighted by atomic mass is 32.1. The highest BCUT2D eigenvalue weighted by molar-refractivity contribution is 7.25. The SMILES string of the molecule is CCc1cccc(NC(=O)Cn2c(=O)n(C[C@H]3CCCO3)c(=O)c3sc4ncccc4c32)c1. The van der Waals surface area contributed by atoms with Crippen LogP contribution in [-0.4, -0.2) is 32.7 Å². The molecule has 1 fully saturated rings. The third kappa shape index (κ3) is 4.09. The zero-order valence-electron chi connectivity index (χ0n) is 18.2. The normalized spacial score (nSPS) is 16.0. The number of carbonyl (C=O) groups excluding carboxylic acids is 1. The average Bonchev–Trinajstić information content (AvgIpc) is 3.47. The van der Waals surface area contributed by atoms with Gasteiger partial charge in [0.05, 0.1) is 18.2 Å². The van der Waals surface area contributed by atoms with E-state index in [0.717, 1.165) is 24.8 Å². The Bertz CT molecular complexity index is 1460. The molecule has 0 unspecified atom stereocenters. The van der Waals surface area contributed by atoms with E-state index in [0.29, 0.717) is 32.7 Å². The van der Waals surface area contributed by atoms with Crippen LogP contribution in [0.2, 0.25) is 0 Å². The number of fused-ring (bicyclic) bond motifs is 3. The fourth-order valence-corrected chi connectivity index (χ4v) is 5.39.